The number of amides is 2. The third-order valence-corrected chi connectivity index (χ3v) is 4.93. The van der Waals surface area contributed by atoms with Gasteiger partial charge in [0.25, 0.3) is 5.91 Å². The van der Waals surface area contributed by atoms with Gasteiger partial charge in [0, 0.05) is 19.1 Å². The molecular weight excluding hydrogens is 330 g/mol. The first-order chi connectivity index (χ1) is 12.2. The van der Waals surface area contributed by atoms with Gasteiger partial charge in [-0.25, -0.2) is 0 Å². The van der Waals surface area contributed by atoms with Gasteiger partial charge in [0.1, 0.15) is 11.8 Å². The van der Waals surface area contributed by atoms with Gasteiger partial charge in [-0.1, -0.05) is 33.8 Å². The molecule has 2 rings (SSSR count). The van der Waals surface area contributed by atoms with E-state index in [-0.39, 0.29) is 41.0 Å². The highest BCUT2D eigenvalue weighted by Gasteiger charge is 2.39. The molecule has 1 aliphatic heterocycles. The van der Waals surface area contributed by atoms with Crippen molar-refractivity contribution in [2.24, 2.45) is 5.73 Å². The predicted molar refractivity (Wildman–Crippen MR) is 102 cm³/mol. The Labute approximate surface area is 155 Å². The molecule has 2 amide bonds. The number of nitrogens with one attached hydrogen (secondary N) is 1. The molecule has 2 atom stereocenters. The van der Waals surface area contributed by atoms with Gasteiger partial charge in [-0.05, 0) is 42.4 Å². The number of phenolic OH excluding ortho intramolecular Hbond substituents is 1. The molecule has 0 aliphatic carbocycles. The molecule has 4 N–H and O–H groups in total. The van der Waals surface area contributed by atoms with Gasteiger partial charge in [0.2, 0.25) is 5.91 Å². The first kappa shape index (κ1) is 20.2. The molecule has 6 nitrogen and oxygen atoms in total. The number of likely N-dealkylation sites (tertiary alicyclic amines) is 1. The van der Waals surface area contributed by atoms with Gasteiger partial charge in [-0.3, -0.25) is 9.59 Å². The summed E-state index contributed by atoms with van der Waals surface area (Å²) in [5.74, 6) is -0.224. The third-order valence-electron chi connectivity index (χ3n) is 4.93. The Morgan fingerprint density at radius 1 is 1.27 bits per heavy atom. The molecule has 1 heterocycles. The van der Waals surface area contributed by atoms with Crippen molar-refractivity contribution in [2.75, 3.05) is 13.1 Å². The van der Waals surface area contributed by atoms with E-state index >= 15 is 0 Å². The summed E-state index contributed by atoms with van der Waals surface area (Å²) < 4.78 is 0. The Morgan fingerprint density at radius 3 is 2.46 bits per heavy atom. The Kier molecular flexibility index (Phi) is 6.29. The number of rotatable bonds is 5. The Morgan fingerprint density at radius 2 is 1.92 bits per heavy atom. The fourth-order valence-electron chi connectivity index (χ4n) is 3.40. The van der Waals surface area contributed by atoms with Crippen LogP contribution in [-0.4, -0.2) is 47.0 Å². The predicted octanol–water partition coefficient (Wildman–Crippen LogP) is 2.32. The molecule has 0 bridgehead atoms. The Bertz CT molecular complexity index is 685. The van der Waals surface area contributed by atoms with Crippen molar-refractivity contribution in [3.63, 3.8) is 0 Å². The minimum absolute atomic E-state index is 0.00419. The highest BCUT2D eigenvalue weighted by molar-refractivity contribution is 6.00. The molecule has 0 aromatic heterocycles. The standard InChI is InChI=1S/C20H31N3O3/c1-6-22-19(25)17-9-14(21)10-23(17)20(26)16-8-13(11(2)3)7-15(12(4)5)18(16)24/h7-8,11-12,14,17,24H,6,9-10,21H2,1-5H3,(H,22,25)/t14-,17+/m1/s1. The maximum absolute atomic E-state index is 13.2. The lowest BCUT2D eigenvalue weighted by molar-refractivity contribution is -0.124. The number of benzene rings is 1. The molecule has 1 saturated heterocycles. The zero-order valence-corrected chi connectivity index (χ0v) is 16.4. The highest BCUT2D eigenvalue weighted by Crippen LogP contribution is 2.34. The van der Waals surface area contributed by atoms with Crippen LogP contribution in [0.5, 0.6) is 5.75 Å². The summed E-state index contributed by atoms with van der Waals surface area (Å²) in [5.41, 5.74) is 8.02. The zero-order valence-electron chi connectivity index (χ0n) is 16.4. The number of nitrogens with zero attached hydrogens (tertiary/aromatic N) is 1. The maximum Gasteiger partial charge on any atom is 0.258 e. The second-order valence-electron chi connectivity index (χ2n) is 7.68. The number of aromatic hydroxyl groups is 1. The minimum Gasteiger partial charge on any atom is -0.507 e. The second-order valence-corrected chi connectivity index (χ2v) is 7.68. The maximum atomic E-state index is 13.2. The number of hydrogen-bond donors (Lipinski definition) is 3. The van der Waals surface area contributed by atoms with E-state index in [0.717, 1.165) is 11.1 Å². The van der Waals surface area contributed by atoms with Crippen LogP contribution < -0.4 is 11.1 Å². The van der Waals surface area contributed by atoms with Crippen LogP contribution in [0, 0.1) is 0 Å². The summed E-state index contributed by atoms with van der Waals surface area (Å²) in [4.78, 5) is 27.1. The molecule has 144 valence electrons. The number of likely N-dealkylation sites (N-methyl/N-ethyl adjacent to an activating group) is 1. The minimum atomic E-state index is -0.595. The van der Waals surface area contributed by atoms with Gasteiger partial charge in [-0.2, -0.15) is 0 Å². The van der Waals surface area contributed by atoms with E-state index in [1.165, 1.54) is 4.90 Å². The molecule has 26 heavy (non-hydrogen) atoms. The third kappa shape index (κ3) is 4.01. The summed E-state index contributed by atoms with van der Waals surface area (Å²) >= 11 is 0. The van der Waals surface area contributed by atoms with Gasteiger partial charge < -0.3 is 21.1 Å². The van der Waals surface area contributed by atoms with Crippen molar-refractivity contribution in [1.82, 2.24) is 10.2 Å². The zero-order chi connectivity index (χ0) is 19.6. The smallest absolute Gasteiger partial charge is 0.258 e. The van der Waals surface area contributed by atoms with Crippen LogP contribution in [0.3, 0.4) is 0 Å². The first-order valence-electron chi connectivity index (χ1n) is 9.38. The molecular formula is C20H31N3O3. The first-order valence-corrected chi connectivity index (χ1v) is 9.38. The van der Waals surface area contributed by atoms with Crippen LogP contribution >= 0.6 is 0 Å². The molecule has 1 aromatic rings. The van der Waals surface area contributed by atoms with E-state index in [1.54, 1.807) is 6.07 Å². The summed E-state index contributed by atoms with van der Waals surface area (Å²) in [7, 11) is 0. The lowest BCUT2D eigenvalue weighted by Crippen LogP contribution is -2.46. The Balaban J connectivity index is 2.46. The highest BCUT2D eigenvalue weighted by atomic mass is 16.3. The Hall–Kier alpha value is -2.08. The summed E-state index contributed by atoms with van der Waals surface area (Å²) in [6.45, 7) is 10.7. The lowest BCUT2D eigenvalue weighted by Gasteiger charge is -2.25. The molecule has 1 aliphatic rings. The van der Waals surface area contributed by atoms with Gasteiger partial charge >= 0.3 is 0 Å². The largest absolute Gasteiger partial charge is 0.507 e. The van der Waals surface area contributed by atoms with E-state index in [4.69, 9.17) is 5.73 Å². The van der Waals surface area contributed by atoms with Crippen LogP contribution in [0.1, 0.15) is 74.4 Å². The average Bonchev–Trinajstić information content (AvgIpc) is 2.96. The van der Waals surface area contributed by atoms with E-state index < -0.39 is 6.04 Å². The van der Waals surface area contributed by atoms with Gasteiger partial charge in [-0.15, -0.1) is 0 Å². The van der Waals surface area contributed by atoms with E-state index in [2.05, 4.69) is 5.32 Å². The monoisotopic (exact) mass is 361 g/mol. The van der Waals surface area contributed by atoms with Crippen molar-refractivity contribution >= 4 is 11.8 Å². The normalized spacial score (nSPS) is 20.1. The summed E-state index contributed by atoms with van der Waals surface area (Å²) in [5, 5.41) is 13.5. The van der Waals surface area contributed by atoms with Crippen LogP contribution in [0.2, 0.25) is 0 Å². The molecule has 0 saturated carbocycles. The van der Waals surface area contributed by atoms with Crippen molar-refractivity contribution < 1.29 is 14.7 Å². The SMILES string of the molecule is CCNC(=O)[C@@H]1C[C@@H](N)CN1C(=O)c1cc(C(C)C)cc(C(C)C)c1O. The molecule has 0 spiro atoms. The van der Waals surface area contributed by atoms with Gasteiger partial charge in [0.05, 0.1) is 5.56 Å². The fourth-order valence-corrected chi connectivity index (χ4v) is 3.40. The number of nitrogens with two attached hydrogens (primary N) is 1. The van der Waals surface area contributed by atoms with Crippen LogP contribution in [0.15, 0.2) is 12.1 Å². The van der Waals surface area contributed by atoms with E-state index in [9.17, 15) is 14.7 Å². The average molecular weight is 361 g/mol. The lowest BCUT2D eigenvalue weighted by atomic mass is 9.91. The molecule has 0 radical (unpaired) electrons. The fraction of sp³-hybridized carbons (Fsp3) is 0.600. The van der Waals surface area contributed by atoms with Crippen LogP contribution in [0.4, 0.5) is 0 Å². The number of hydrogen-bond acceptors (Lipinski definition) is 4. The molecule has 1 aromatic carbocycles. The summed E-state index contributed by atoms with van der Waals surface area (Å²) in [6.07, 6.45) is 0.430. The number of carbonyl (C=O) groups excluding carboxylic acids is 2. The van der Waals surface area contributed by atoms with E-state index in [1.807, 2.05) is 40.7 Å². The van der Waals surface area contributed by atoms with Crippen LogP contribution in [0.25, 0.3) is 0 Å². The van der Waals surface area contributed by atoms with E-state index in [0.29, 0.717) is 19.5 Å². The number of phenols is 1. The van der Waals surface area contributed by atoms with Crippen molar-refractivity contribution in [2.45, 2.75) is 65.0 Å². The van der Waals surface area contributed by atoms with Crippen molar-refractivity contribution in [3.8, 4) is 5.75 Å². The molecule has 0 unspecified atom stereocenters. The topological polar surface area (TPSA) is 95.7 Å². The number of carbonyl (C=O) groups is 2. The second kappa shape index (κ2) is 8.08. The summed E-state index contributed by atoms with van der Waals surface area (Å²) in [6, 6.07) is 2.86. The molecule has 6 heteroatoms. The van der Waals surface area contributed by atoms with Gasteiger partial charge in [0.15, 0.2) is 0 Å². The quantitative estimate of drug-likeness (QED) is 0.750. The van der Waals surface area contributed by atoms with Crippen molar-refractivity contribution in [1.29, 1.82) is 0 Å². The van der Waals surface area contributed by atoms with Crippen LogP contribution in [-0.2, 0) is 4.79 Å². The van der Waals surface area contributed by atoms with Crippen molar-refractivity contribution in [3.05, 3.63) is 28.8 Å². The molecule has 1 fully saturated rings.